The van der Waals surface area contributed by atoms with E-state index in [1.54, 1.807) is 6.07 Å². The highest BCUT2D eigenvalue weighted by atomic mass is 35.5. The molecule has 2 N–H and O–H groups in total. The van der Waals surface area contributed by atoms with E-state index in [9.17, 15) is 13.2 Å². The van der Waals surface area contributed by atoms with Crippen molar-refractivity contribution in [2.24, 2.45) is 0 Å². The quantitative estimate of drug-likeness (QED) is 0.656. The van der Waals surface area contributed by atoms with Gasteiger partial charge in [0.15, 0.2) is 9.84 Å². The number of sulfone groups is 1. The van der Waals surface area contributed by atoms with Gasteiger partial charge >= 0.3 is 5.97 Å². The van der Waals surface area contributed by atoms with Gasteiger partial charge in [0.1, 0.15) is 5.75 Å². The highest BCUT2D eigenvalue weighted by Crippen LogP contribution is 2.20. The van der Waals surface area contributed by atoms with Crippen LogP contribution in [0.3, 0.4) is 0 Å². The lowest BCUT2D eigenvalue weighted by atomic mass is 10.2. The Balaban J connectivity index is 2.83. The maximum absolute atomic E-state index is 11.6. The number of hydrogen-bond donors (Lipinski definition) is 1. The highest BCUT2D eigenvalue weighted by Gasteiger charge is 2.18. The first-order valence-electron chi connectivity index (χ1n) is 4.65. The third-order valence-corrected chi connectivity index (χ3v) is 3.81. The number of benzene rings is 1. The van der Waals surface area contributed by atoms with Crippen LogP contribution in [0, 0.1) is 0 Å². The van der Waals surface area contributed by atoms with Crippen molar-refractivity contribution in [2.45, 2.75) is 5.75 Å². The number of nitrogen functional groups attached to an aromatic ring is 1. The van der Waals surface area contributed by atoms with Crippen molar-refractivity contribution in [3.8, 4) is 0 Å². The van der Waals surface area contributed by atoms with Crippen LogP contribution in [0.1, 0.15) is 5.56 Å². The summed E-state index contributed by atoms with van der Waals surface area (Å²) in [5, 5.41) is 0.360. The first-order chi connectivity index (χ1) is 7.84. The van der Waals surface area contributed by atoms with Crippen molar-refractivity contribution >= 4 is 33.1 Å². The van der Waals surface area contributed by atoms with Crippen LogP contribution in [-0.4, -0.2) is 27.2 Å². The average Bonchev–Trinajstić information content (AvgIpc) is 2.22. The molecule has 0 atom stereocenters. The van der Waals surface area contributed by atoms with Crippen molar-refractivity contribution in [1.29, 1.82) is 0 Å². The molecule has 5 nitrogen and oxygen atoms in total. The number of anilines is 1. The molecule has 0 heterocycles. The van der Waals surface area contributed by atoms with E-state index >= 15 is 0 Å². The Labute approximate surface area is 104 Å². The van der Waals surface area contributed by atoms with Crippen LogP contribution >= 0.6 is 11.6 Å². The molecule has 0 spiro atoms. The summed E-state index contributed by atoms with van der Waals surface area (Å²) in [5.74, 6) is -1.71. The molecule has 1 aromatic rings. The minimum atomic E-state index is -3.55. The van der Waals surface area contributed by atoms with Crippen LogP contribution in [0.15, 0.2) is 18.2 Å². The van der Waals surface area contributed by atoms with E-state index in [1.807, 2.05) is 0 Å². The monoisotopic (exact) mass is 277 g/mol. The minimum absolute atomic E-state index is 0.274. The van der Waals surface area contributed by atoms with Gasteiger partial charge < -0.3 is 10.5 Å². The first-order valence-corrected chi connectivity index (χ1v) is 6.85. The minimum Gasteiger partial charge on any atom is -0.468 e. The van der Waals surface area contributed by atoms with Gasteiger partial charge in [0.2, 0.25) is 0 Å². The van der Waals surface area contributed by atoms with Crippen LogP contribution in [0.2, 0.25) is 5.02 Å². The molecule has 0 unspecified atom stereocenters. The molecule has 0 amide bonds. The SMILES string of the molecule is COC(=O)CS(=O)(=O)Cc1ccc(Cl)c(N)c1. The summed E-state index contributed by atoms with van der Waals surface area (Å²) in [6.07, 6.45) is 0. The number of methoxy groups -OCH3 is 1. The number of carbonyl (C=O) groups excluding carboxylic acids is 1. The van der Waals surface area contributed by atoms with Gasteiger partial charge in [0.25, 0.3) is 0 Å². The summed E-state index contributed by atoms with van der Waals surface area (Å²) in [6, 6.07) is 4.53. The molecule has 7 heteroatoms. The molecule has 0 aliphatic carbocycles. The van der Waals surface area contributed by atoms with Gasteiger partial charge in [-0.05, 0) is 17.7 Å². The summed E-state index contributed by atoms with van der Waals surface area (Å²) in [4.78, 5) is 10.9. The van der Waals surface area contributed by atoms with E-state index in [4.69, 9.17) is 17.3 Å². The van der Waals surface area contributed by atoms with Crippen LogP contribution in [0.4, 0.5) is 5.69 Å². The van der Waals surface area contributed by atoms with E-state index in [2.05, 4.69) is 4.74 Å². The van der Waals surface area contributed by atoms with Crippen molar-refractivity contribution in [3.05, 3.63) is 28.8 Å². The van der Waals surface area contributed by atoms with Crippen molar-refractivity contribution < 1.29 is 17.9 Å². The Bertz CT molecular complexity index is 527. The van der Waals surface area contributed by atoms with E-state index in [0.29, 0.717) is 16.3 Å². The Kier molecular flexibility index (Phi) is 4.36. The van der Waals surface area contributed by atoms with E-state index in [0.717, 1.165) is 7.11 Å². The van der Waals surface area contributed by atoms with Crippen LogP contribution in [-0.2, 0) is 25.1 Å². The fourth-order valence-corrected chi connectivity index (χ4v) is 2.61. The lowest BCUT2D eigenvalue weighted by Gasteiger charge is -2.05. The molecule has 0 radical (unpaired) electrons. The summed E-state index contributed by atoms with van der Waals surface area (Å²) >= 11 is 5.71. The number of esters is 1. The number of hydrogen-bond acceptors (Lipinski definition) is 5. The molecular formula is C10H12ClNO4S. The van der Waals surface area contributed by atoms with Gasteiger partial charge in [0, 0.05) is 0 Å². The molecule has 0 bridgehead atoms. The molecule has 1 aromatic carbocycles. The molecule has 0 saturated carbocycles. The zero-order valence-electron chi connectivity index (χ0n) is 9.14. The Hall–Kier alpha value is -1.27. The Morgan fingerprint density at radius 3 is 2.65 bits per heavy atom. The van der Waals surface area contributed by atoms with Gasteiger partial charge in [-0.1, -0.05) is 17.7 Å². The van der Waals surface area contributed by atoms with E-state index < -0.39 is 21.6 Å². The lowest BCUT2D eigenvalue weighted by Crippen LogP contribution is -2.18. The fraction of sp³-hybridized carbons (Fsp3) is 0.300. The van der Waals surface area contributed by atoms with Gasteiger partial charge in [-0.3, -0.25) is 4.79 Å². The summed E-state index contributed by atoms with van der Waals surface area (Å²) in [6.45, 7) is 0. The number of carbonyl (C=O) groups is 1. The van der Waals surface area contributed by atoms with Gasteiger partial charge in [0.05, 0.1) is 23.6 Å². The third kappa shape index (κ3) is 4.24. The molecule has 0 fully saturated rings. The molecule has 17 heavy (non-hydrogen) atoms. The van der Waals surface area contributed by atoms with Gasteiger partial charge in [-0.2, -0.15) is 0 Å². The van der Waals surface area contributed by atoms with E-state index in [1.165, 1.54) is 12.1 Å². The molecule has 94 valence electrons. The largest absolute Gasteiger partial charge is 0.468 e. The molecule has 0 aliphatic rings. The zero-order valence-corrected chi connectivity index (χ0v) is 10.7. The number of halogens is 1. The van der Waals surface area contributed by atoms with Crippen molar-refractivity contribution in [1.82, 2.24) is 0 Å². The molecule has 0 saturated heterocycles. The lowest BCUT2D eigenvalue weighted by molar-refractivity contribution is -0.137. The van der Waals surface area contributed by atoms with Gasteiger partial charge in [-0.25, -0.2) is 8.42 Å². The normalized spacial score (nSPS) is 11.2. The average molecular weight is 278 g/mol. The second kappa shape index (κ2) is 5.37. The molecule has 0 aliphatic heterocycles. The molecule has 0 aromatic heterocycles. The van der Waals surface area contributed by atoms with Crippen molar-refractivity contribution in [3.63, 3.8) is 0 Å². The number of nitrogens with two attached hydrogens (primary N) is 1. The van der Waals surface area contributed by atoms with Crippen LogP contribution in [0.5, 0.6) is 0 Å². The molecule has 1 rings (SSSR count). The second-order valence-corrected chi connectivity index (χ2v) is 5.94. The van der Waals surface area contributed by atoms with E-state index in [-0.39, 0.29) is 5.75 Å². The maximum atomic E-state index is 11.6. The topological polar surface area (TPSA) is 86.5 Å². The van der Waals surface area contributed by atoms with Crippen LogP contribution < -0.4 is 5.73 Å². The van der Waals surface area contributed by atoms with Gasteiger partial charge in [-0.15, -0.1) is 0 Å². The predicted octanol–water partition coefficient (Wildman–Crippen LogP) is 1.01. The smallest absolute Gasteiger partial charge is 0.320 e. The standard InChI is InChI=1S/C10H12ClNO4S/c1-16-10(13)6-17(14,15)5-7-2-3-8(11)9(12)4-7/h2-4H,5-6,12H2,1H3. The first kappa shape index (κ1) is 13.8. The predicted molar refractivity (Wildman–Crippen MR) is 65.4 cm³/mol. The van der Waals surface area contributed by atoms with Crippen molar-refractivity contribution in [2.75, 3.05) is 18.6 Å². The van der Waals surface area contributed by atoms with Crippen LogP contribution in [0.25, 0.3) is 0 Å². The Morgan fingerprint density at radius 1 is 1.47 bits per heavy atom. The molecular weight excluding hydrogens is 266 g/mol. The summed E-state index contributed by atoms with van der Waals surface area (Å²) < 4.78 is 27.5. The highest BCUT2D eigenvalue weighted by molar-refractivity contribution is 7.91. The zero-order chi connectivity index (χ0) is 13.1. The maximum Gasteiger partial charge on any atom is 0.320 e. The Morgan fingerprint density at radius 2 is 2.12 bits per heavy atom. The second-order valence-electron chi connectivity index (χ2n) is 3.46. The number of rotatable bonds is 4. The third-order valence-electron chi connectivity index (χ3n) is 2.01. The summed E-state index contributed by atoms with van der Waals surface area (Å²) in [7, 11) is -2.41. The summed E-state index contributed by atoms with van der Waals surface area (Å²) in [5.41, 5.74) is 6.33. The number of ether oxygens (including phenoxy) is 1. The fourth-order valence-electron chi connectivity index (χ4n) is 1.23.